The van der Waals surface area contributed by atoms with Gasteiger partial charge in [0.15, 0.2) is 0 Å². The quantitative estimate of drug-likeness (QED) is 0.287. The summed E-state index contributed by atoms with van der Waals surface area (Å²) in [5, 5.41) is 0. The Balaban J connectivity index is 2.44. The lowest BCUT2D eigenvalue weighted by molar-refractivity contribution is -0.137. The van der Waals surface area contributed by atoms with Crippen molar-refractivity contribution in [1.82, 2.24) is 0 Å². The smallest absolute Gasteiger partial charge is 0.416 e. The number of unbranched alkanes of at least 4 members (excludes halogenated alkanes) is 6. The molecule has 26 heavy (non-hydrogen) atoms. The molecule has 5 heteroatoms. The Morgan fingerprint density at radius 3 is 2.00 bits per heavy atom. The molecule has 1 aromatic carbocycles. The van der Waals surface area contributed by atoms with Crippen molar-refractivity contribution in [2.45, 2.75) is 90.3 Å². The number of benzene rings is 1. The van der Waals surface area contributed by atoms with Gasteiger partial charge in [0.1, 0.15) is 6.10 Å². The molecule has 0 saturated heterocycles. The van der Waals surface area contributed by atoms with Gasteiger partial charge in [-0.15, -0.1) is 0 Å². The van der Waals surface area contributed by atoms with Gasteiger partial charge in [0.2, 0.25) is 0 Å². The first-order valence-corrected chi connectivity index (χ1v) is 9.76. The number of hydrogen-bond acceptors (Lipinski definition) is 2. The maximum absolute atomic E-state index is 12.6. The SMILES string of the molecule is CCCCCCCCCC(CCC)OC(=O)c1ccc(C(F)(F)F)cc1. The van der Waals surface area contributed by atoms with E-state index in [9.17, 15) is 18.0 Å². The number of ether oxygens (including phenoxy) is 1. The molecule has 0 aliphatic carbocycles. The largest absolute Gasteiger partial charge is 0.459 e. The van der Waals surface area contributed by atoms with Crippen LogP contribution in [0.15, 0.2) is 24.3 Å². The van der Waals surface area contributed by atoms with E-state index in [0.29, 0.717) is 0 Å². The summed E-state index contributed by atoms with van der Waals surface area (Å²) in [6.45, 7) is 4.23. The first-order valence-electron chi connectivity index (χ1n) is 9.76. The molecule has 0 bridgehead atoms. The van der Waals surface area contributed by atoms with Crippen LogP contribution in [0.5, 0.6) is 0 Å². The predicted molar refractivity (Wildman–Crippen MR) is 98.2 cm³/mol. The number of rotatable bonds is 12. The van der Waals surface area contributed by atoms with Crippen LogP contribution >= 0.6 is 0 Å². The third kappa shape index (κ3) is 8.72. The van der Waals surface area contributed by atoms with Crippen LogP contribution in [0.4, 0.5) is 13.2 Å². The second kappa shape index (κ2) is 12.0. The van der Waals surface area contributed by atoms with Gasteiger partial charge in [0.05, 0.1) is 11.1 Å². The van der Waals surface area contributed by atoms with Crippen molar-refractivity contribution in [3.8, 4) is 0 Å². The van der Waals surface area contributed by atoms with Crippen LogP contribution in [0.2, 0.25) is 0 Å². The molecule has 0 amide bonds. The summed E-state index contributed by atoms with van der Waals surface area (Å²) in [6, 6.07) is 4.20. The van der Waals surface area contributed by atoms with Crippen molar-refractivity contribution in [1.29, 1.82) is 0 Å². The second-order valence-corrected chi connectivity index (χ2v) is 6.80. The summed E-state index contributed by atoms with van der Waals surface area (Å²) < 4.78 is 43.3. The van der Waals surface area contributed by atoms with Gasteiger partial charge in [-0.25, -0.2) is 4.79 Å². The molecule has 0 saturated carbocycles. The summed E-state index contributed by atoms with van der Waals surface area (Å²) in [5.74, 6) is -0.542. The van der Waals surface area contributed by atoms with Gasteiger partial charge in [-0.05, 0) is 43.5 Å². The van der Waals surface area contributed by atoms with Crippen LogP contribution in [-0.2, 0) is 10.9 Å². The van der Waals surface area contributed by atoms with E-state index in [1.165, 1.54) is 44.2 Å². The van der Waals surface area contributed by atoms with Crippen LogP contribution in [-0.4, -0.2) is 12.1 Å². The van der Waals surface area contributed by atoms with Gasteiger partial charge in [-0.3, -0.25) is 0 Å². The minimum atomic E-state index is -4.40. The summed E-state index contributed by atoms with van der Waals surface area (Å²) in [5.41, 5.74) is -0.596. The Bertz CT molecular complexity index is 509. The van der Waals surface area contributed by atoms with Gasteiger partial charge >= 0.3 is 12.1 Å². The fourth-order valence-corrected chi connectivity index (χ4v) is 2.93. The number of alkyl halides is 3. The molecule has 2 nitrogen and oxygen atoms in total. The zero-order valence-corrected chi connectivity index (χ0v) is 15.9. The molecule has 1 unspecified atom stereocenters. The van der Waals surface area contributed by atoms with Gasteiger partial charge in [-0.1, -0.05) is 58.8 Å². The lowest BCUT2D eigenvalue weighted by Crippen LogP contribution is -2.18. The Morgan fingerprint density at radius 2 is 1.46 bits per heavy atom. The fraction of sp³-hybridized carbons (Fsp3) is 0.667. The van der Waals surface area contributed by atoms with Crippen molar-refractivity contribution in [3.05, 3.63) is 35.4 Å². The lowest BCUT2D eigenvalue weighted by atomic mass is 10.0. The third-order valence-electron chi connectivity index (χ3n) is 4.46. The van der Waals surface area contributed by atoms with E-state index in [1.54, 1.807) is 0 Å². The molecular formula is C21H31F3O2. The van der Waals surface area contributed by atoms with Crippen molar-refractivity contribution in [2.24, 2.45) is 0 Å². The van der Waals surface area contributed by atoms with E-state index < -0.39 is 17.7 Å². The Labute approximate surface area is 155 Å². The predicted octanol–water partition coefficient (Wildman–Crippen LogP) is 7.17. The number of hydrogen-bond donors (Lipinski definition) is 0. The van der Waals surface area contributed by atoms with Crippen LogP contribution in [0.3, 0.4) is 0 Å². The van der Waals surface area contributed by atoms with Gasteiger partial charge in [-0.2, -0.15) is 13.2 Å². The molecule has 148 valence electrons. The van der Waals surface area contributed by atoms with Gasteiger partial charge in [0.25, 0.3) is 0 Å². The summed E-state index contributed by atoms with van der Waals surface area (Å²) in [4.78, 5) is 12.2. The van der Waals surface area contributed by atoms with E-state index in [0.717, 1.165) is 44.2 Å². The molecule has 0 N–H and O–H groups in total. The van der Waals surface area contributed by atoms with Crippen molar-refractivity contribution in [3.63, 3.8) is 0 Å². The van der Waals surface area contributed by atoms with Crippen LogP contribution in [0.1, 0.15) is 94.0 Å². The second-order valence-electron chi connectivity index (χ2n) is 6.80. The van der Waals surface area contributed by atoms with Gasteiger partial charge < -0.3 is 4.74 Å². The van der Waals surface area contributed by atoms with E-state index in [4.69, 9.17) is 4.74 Å². The molecule has 0 radical (unpaired) electrons. The minimum Gasteiger partial charge on any atom is -0.459 e. The average molecular weight is 372 g/mol. The molecule has 0 aromatic heterocycles. The number of carbonyl (C=O) groups excluding carboxylic acids is 1. The fourth-order valence-electron chi connectivity index (χ4n) is 2.93. The molecule has 0 heterocycles. The summed E-state index contributed by atoms with van der Waals surface area (Å²) >= 11 is 0. The molecule has 0 spiro atoms. The highest BCUT2D eigenvalue weighted by molar-refractivity contribution is 5.89. The topological polar surface area (TPSA) is 26.3 Å². The van der Waals surface area contributed by atoms with Crippen molar-refractivity contribution >= 4 is 5.97 Å². The van der Waals surface area contributed by atoms with E-state index in [2.05, 4.69) is 6.92 Å². The number of halogens is 3. The highest BCUT2D eigenvalue weighted by Gasteiger charge is 2.30. The van der Waals surface area contributed by atoms with Crippen LogP contribution in [0.25, 0.3) is 0 Å². The highest BCUT2D eigenvalue weighted by atomic mass is 19.4. The minimum absolute atomic E-state index is 0.162. The zero-order chi connectivity index (χ0) is 19.4. The van der Waals surface area contributed by atoms with Crippen molar-refractivity contribution in [2.75, 3.05) is 0 Å². The third-order valence-corrected chi connectivity index (χ3v) is 4.46. The van der Waals surface area contributed by atoms with E-state index >= 15 is 0 Å². The van der Waals surface area contributed by atoms with Crippen LogP contribution < -0.4 is 0 Å². The lowest BCUT2D eigenvalue weighted by Gasteiger charge is -2.17. The maximum Gasteiger partial charge on any atom is 0.416 e. The zero-order valence-electron chi connectivity index (χ0n) is 15.9. The van der Waals surface area contributed by atoms with Crippen LogP contribution in [0, 0.1) is 0 Å². The Kier molecular flexibility index (Phi) is 10.4. The number of esters is 1. The molecule has 1 rings (SSSR count). The molecule has 1 atom stereocenters. The normalized spacial score (nSPS) is 12.8. The summed E-state index contributed by atoms with van der Waals surface area (Å²) in [7, 11) is 0. The Hall–Kier alpha value is -1.52. The molecule has 1 aromatic rings. The molecular weight excluding hydrogens is 341 g/mol. The molecule has 0 fully saturated rings. The Morgan fingerprint density at radius 1 is 0.885 bits per heavy atom. The average Bonchev–Trinajstić information content (AvgIpc) is 2.60. The molecule has 0 aliphatic heterocycles. The number of carbonyl (C=O) groups is 1. The first-order chi connectivity index (χ1) is 12.4. The van der Waals surface area contributed by atoms with E-state index in [1.807, 2.05) is 6.92 Å². The first kappa shape index (κ1) is 22.5. The standard InChI is InChI=1S/C21H31F3O2/c1-3-5-6-7-8-9-10-12-19(11-4-2)26-20(25)17-13-15-18(16-14-17)21(22,23)24/h13-16,19H,3-12H2,1-2H3. The maximum atomic E-state index is 12.6. The highest BCUT2D eigenvalue weighted by Crippen LogP contribution is 2.29. The monoisotopic (exact) mass is 372 g/mol. The van der Waals surface area contributed by atoms with Gasteiger partial charge in [0, 0.05) is 0 Å². The van der Waals surface area contributed by atoms with Crippen molar-refractivity contribution < 1.29 is 22.7 Å². The summed E-state index contributed by atoms with van der Waals surface area (Å²) in [6.07, 6.45) is 6.31. The van der Waals surface area contributed by atoms with E-state index in [-0.39, 0.29) is 11.7 Å². The molecule has 0 aliphatic rings.